The largest absolute Gasteiger partial charge is 0.471 e. The summed E-state index contributed by atoms with van der Waals surface area (Å²) in [6, 6.07) is 1.45. The molecule has 0 spiro atoms. The van der Waals surface area contributed by atoms with Crippen molar-refractivity contribution in [1.29, 1.82) is 0 Å². The van der Waals surface area contributed by atoms with E-state index in [2.05, 4.69) is 21.0 Å². The fourth-order valence-electron chi connectivity index (χ4n) is 2.20. The highest BCUT2D eigenvalue weighted by atomic mass is 79.9. The molecule has 0 aromatic carbocycles. The lowest BCUT2D eigenvalue weighted by Gasteiger charge is -2.32. The van der Waals surface area contributed by atoms with Gasteiger partial charge in [-0.1, -0.05) is 6.92 Å². The van der Waals surface area contributed by atoms with Crippen LogP contribution in [-0.2, 0) is 16.6 Å². The minimum absolute atomic E-state index is 0.154. The van der Waals surface area contributed by atoms with Crippen LogP contribution in [-0.4, -0.2) is 24.7 Å². The van der Waals surface area contributed by atoms with Crippen molar-refractivity contribution in [2.24, 2.45) is 5.92 Å². The molecule has 19 heavy (non-hydrogen) atoms. The summed E-state index contributed by atoms with van der Waals surface area (Å²) < 4.78 is 33.9. The summed E-state index contributed by atoms with van der Waals surface area (Å²) in [6.07, 6.45) is 4.21. The third kappa shape index (κ3) is 1.99. The van der Waals surface area contributed by atoms with E-state index in [1.54, 1.807) is 10.9 Å². The van der Waals surface area contributed by atoms with E-state index < -0.39 is 10.0 Å². The molecule has 0 saturated heterocycles. The number of hydrogen-bond donors (Lipinski definition) is 0. The van der Waals surface area contributed by atoms with Gasteiger partial charge < -0.3 is 4.42 Å². The molecule has 1 unspecified atom stereocenters. The number of rotatable bonds is 2. The maximum Gasteiger partial charge on any atom is 0.268 e. The zero-order valence-electron chi connectivity index (χ0n) is 10.2. The van der Waals surface area contributed by atoms with Crippen molar-refractivity contribution in [3.05, 3.63) is 29.3 Å². The molecule has 0 N–H and O–H groups in total. The van der Waals surface area contributed by atoms with Crippen LogP contribution in [0.25, 0.3) is 0 Å². The highest BCUT2D eigenvalue weighted by Gasteiger charge is 2.34. The zero-order valence-corrected chi connectivity index (χ0v) is 12.6. The third-order valence-corrected chi connectivity index (χ3v) is 5.34. The second-order valence-electron chi connectivity index (χ2n) is 4.60. The van der Waals surface area contributed by atoms with Crippen molar-refractivity contribution in [2.75, 3.05) is 10.8 Å². The molecule has 0 saturated carbocycles. The lowest BCUT2D eigenvalue weighted by atomic mass is 10.1. The second-order valence-corrected chi connectivity index (χ2v) is 7.32. The van der Waals surface area contributed by atoms with Gasteiger partial charge in [0.2, 0.25) is 0 Å². The van der Waals surface area contributed by atoms with Gasteiger partial charge in [0.1, 0.15) is 11.2 Å². The number of anilines is 1. The van der Waals surface area contributed by atoms with Crippen molar-refractivity contribution >= 4 is 31.8 Å². The lowest BCUT2D eigenvalue weighted by molar-refractivity contribution is 0.425. The van der Waals surface area contributed by atoms with Crippen LogP contribution in [0.5, 0.6) is 0 Å². The van der Waals surface area contributed by atoms with Gasteiger partial charge in [-0.05, 0) is 27.9 Å². The average molecular weight is 346 g/mol. The van der Waals surface area contributed by atoms with Gasteiger partial charge >= 0.3 is 0 Å². The Morgan fingerprint density at radius 1 is 1.47 bits per heavy atom. The molecule has 3 heterocycles. The highest BCUT2D eigenvalue weighted by molar-refractivity contribution is 9.10. The first-order valence-electron chi connectivity index (χ1n) is 5.76. The highest BCUT2D eigenvalue weighted by Crippen LogP contribution is 2.34. The van der Waals surface area contributed by atoms with Crippen LogP contribution in [0.15, 0.2) is 38.6 Å². The van der Waals surface area contributed by atoms with Gasteiger partial charge in [-0.25, -0.2) is 17.4 Å². The molecule has 0 aliphatic carbocycles. The molecule has 0 fully saturated rings. The fraction of sp³-hybridized carbons (Fsp3) is 0.364. The van der Waals surface area contributed by atoms with Crippen molar-refractivity contribution in [3.8, 4) is 0 Å². The number of sulfonamides is 1. The molecular formula is C11H12BrN3O3S. The van der Waals surface area contributed by atoms with Crippen molar-refractivity contribution in [1.82, 2.24) is 9.78 Å². The first-order chi connectivity index (χ1) is 9.00. The zero-order chi connectivity index (χ0) is 13.6. The lowest BCUT2D eigenvalue weighted by Crippen LogP contribution is -2.41. The number of fused-ring (bicyclic) bond motifs is 1. The van der Waals surface area contributed by atoms with Gasteiger partial charge in [-0.2, -0.15) is 5.10 Å². The minimum Gasteiger partial charge on any atom is -0.471 e. The molecule has 6 nitrogen and oxygen atoms in total. The third-order valence-electron chi connectivity index (χ3n) is 3.05. The van der Waals surface area contributed by atoms with E-state index in [1.165, 1.54) is 22.9 Å². The fourth-order valence-corrected chi connectivity index (χ4v) is 4.36. The maximum atomic E-state index is 12.6. The summed E-state index contributed by atoms with van der Waals surface area (Å²) >= 11 is 3.36. The second kappa shape index (κ2) is 4.38. The number of aromatic nitrogens is 2. The number of halogens is 1. The predicted octanol–water partition coefficient (Wildman–Crippen LogP) is 2.08. The van der Waals surface area contributed by atoms with Gasteiger partial charge in [-0.15, -0.1) is 0 Å². The number of furan rings is 1. The molecule has 0 bridgehead atoms. The summed E-state index contributed by atoms with van der Waals surface area (Å²) in [5, 5.41) is 4.19. The van der Waals surface area contributed by atoms with E-state index in [4.69, 9.17) is 4.42 Å². The van der Waals surface area contributed by atoms with E-state index in [9.17, 15) is 8.42 Å². The molecule has 3 rings (SSSR count). The summed E-state index contributed by atoms with van der Waals surface area (Å²) in [4.78, 5) is 0.154. The molecule has 0 amide bonds. The predicted molar refractivity (Wildman–Crippen MR) is 72.3 cm³/mol. The minimum atomic E-state index is -3.61. The van der Waals surface area contributed by atoms with Crippen LogP contribution in [0.3, 0.4) is 0 Å². The smallest absolute Gasteiger partial charge is 0.268 e. The normalized spacial score (nSPS) is 19.5. The van der Waals surface area contributed by atoms with Gasteiger partial charge in [0.05, 0.1) is 16.9 Å². The van der Waals surface area contributed by atoms with E-state index in [0.717, 1.165) is 0 Å². The Labute approximate surface area is 119 Å². The quantitative estimate of drug-likeness (QED) is 0.835. The summed E-state index contributed by atoms with van der Waals surface area (Å²) in [7, 11) is -3.61. The van der Waals surface area contributed by atoms with Crippen molar-refractivity contribution < 1.29 is 12.8 Å². The van der Waals surface area contributed by atoms with Crippen LogP contribution in [0.4, 0.5) is 5.82 Å². The van der Waals surface area contributed by atoms with E-state index in [-0.39, 0.29) is 10.8 Å². The first kappa shape index (κ1) is 12.7. The Balaban J connectivity index is 2.13. The van der Waals surface area contributed by atoms with Crippen molar-refractivity contribution in [3.63, 3.8) is 0 Å². The molecule has 8 heteroatoms. The van der Waals surface area contributed by atoms with Gasteiger partial charge in [-0.3, -0.25) is 0 Å². The van der Waals surface area contributed by atoms with Crippen LogP contribution in [0.1, 0.15) is 6.92 Å². The van der Waals surface area contributed by atoms with E-state index in [1.807, 2.05) is 6.92 Å². The standard InChI is InChI=1S/C11H12BrN3O3S/c1-8-5-14-11(10(12)4-13-14)15(6-8)19(16,17)9-2-3-18-7-9/h2-4,7-8H,5-6H2,1H3. The molecule has 0 radical (unpaired) electrons. The SMILES string of the molecule is CC1CN(S(=O)(=O)c2ccoc2)c2c(Br)cnn2C1. The maximum absolute atomic E-state index is 12.6. The van der Waals surface area contributed by atoms with Crippen LogP contribution in [0.2, 0.25) is 0 Å². The monoisotopic (exact) mass is 345 g/mol. The molecule has 2 aromatic rings. The van der Waals surface area contributed by atoms with Gasteiger partial charge in [0.15, 0.2) is 5.82 Å². The van der Waals surface area contributed by atoms with Crippen molar-refractivity contribution in [2.45, 2.75) is 18.4 Å². The molecule has 102 valence electrons. The Morgan fingerprint density at radius 2 is 2.26 bits per heavy atom. The summed E-state index contributed by atoms with van der Waals surface area (Å²) in [5.41, 5.74) is 0. The summed E-state index contributed by atoms with van der Waals surface area (Å²) in [6.45, 7) is 3.13. The molecule has 1 aliphatic rings. The summed E-state index contributed by atoms with van der Waals surface area (Å²) in [5.74, 6) is 0.764. The number of nitrogens with zero attached hydrogens (tertiary/aromatic N) is 3. The Morgan fingerprint density at radius 3 is 2.95 bits per heavy atom. The Bertz CT molecular complexity index is 693. The van der Waals surface area contributed by atoms with Crippen LogP contribution in [0, 0.1) is 5.92 Å². The van der Waals surface area contributed by atoms with Gasteiger partial charge in [0, 0.05) is 13.1 Å². The van der Waals surface area contributed by atoms with Crippen LogP contribution >= 0.6 is 15.9 Å². The average Bonchev–Trinajstić information content (AvgIpc) is 2.99. The van der Waals surface area contributed by atoms with Crippen LogP contribution < -0.4 is 4.31 Å². The Hall–Kier alpha value is -1.28. The molecule has 1 aliphatic heterocycles. The topological polar surface area (TPSA) is 68.3 Å². The molecule has 1 atom stereocenters. The van der Waals surface area contributed by atoms with Gasteiger partial charge in [0.25, 0.3) is 10.0 Å². The molecule has 2 aromatic heterocycles. The number of hydrogen-bond acceptors (Lipinski definition) is 4. The van der Waals surface area contributed by atoms with E-state index in [0.29, 0.717) is 23.4 Å². The first-order valence-corrected chi connectivity index (χ1v) is 7.99. The Kier molecular flexibility index (Phi) is 2.94. The molecular weight excluding hydrogens is 334 g/mol. The van der Waals surface area contributed by atoms with E-state index >= 15 is 0 Å².